The van der Waals surface area contributed by atoms with Crippen molar-refractivity contribution in [3.63, 3.8) is 0 Å². The Hall–Kier alpha value is -3.15. The second kappa shape index (κ2) is 6.63. The summed E-state index contributed by atoms with van der Waals surface area (Å²) in [5, 5.41) is 1.30. The largest absolute Gasteiger partial charge is 0.366 e. The second-order valence-electron chi connectivity index (χ2n) is 6.33. The van der Waals surface area contributed by atoms with E-state index in [0.29, 0.717) is 37.3 Å². The number of aromatic amines is 1. The Morgan fingerprint density at radius 3 is 2.42 bits per heavy atom. The van der Waals surface area contributed by atoms with E-state index in [4.69, 9.17) is 0 Å². The van der Waals surface area contributed by atoms with E-state index in [0.717, 1.165) is 5.39 Å². The SMILES string of the molecule is O=C(c1cc2ccccc2c(=O)[nH]1)N1CCN(c2ccccc2F)CC1. The Kier molecular flexibility index (Phi) is 4.16. The molecule has 6 heteroatoms. The van der Waals surface area contributed by atoms with Crippen molar-refractivity contribution in [3.8, 4) is 0 Å². The Morgan fingerprint density at radius 2 is 1.65 bits per heavy atom. The molecule has 26 heavy (non-hydrogen) atoms. The number of para-hydroxylation sites is 1. The third kappa shape index (κ3) is 2.94. The minimum absolute atomic E-state index is 0.207. The second-order valence-corrected chi connectivity index (χ2v) is 6.33. The van der Waals surface area contributed by atoms with Crippen LogP contribution in [0.4, 0.5) is 10.1 Å². The molecule has 0 aliphatic carbocycles. The van der Waals surface area contributed by atoms with Crippen LogP contribution in [-0.4, -0.2) is 42.0 Å². The van der Waals surface area contributed by atoms with E-state index in [-0.39, 0.29) is 23.0 Å². The first-order valence-corrected chi connectivity index (χ1v) is 8.54. The lowest BCUT2D eigenvalue weighted by Gasteiger charge is -2.36. The summed E-state index contributed by atoms with van der Waals surface area (Å²) < 4.78 is 13.9. The summed E-state index contributed by atoms with van der Waals surface area (Å²) in [6, 6.07) is 15.5. The molecule has 0 spiro atoms. The zero-order valence-corrected chi connectivity index (χ0v) is 14.1. The molecule has 2 aromatic carbocycles. The first kappa shape index (κ1) is 16.3. The van der Waals surface area contributed by atoms with Gasteiger partial charge in [-0.1, -0.05) is 30.3 Å². The van der Waals surface area contributed by atoms with Gasteiger partial charge in [-0.2, -0.15) is 0 Å². The number of anilines is 1. The maximum absolute atomic E-state index is 13.9. The third-order valence-corrected chi connectivity index (χ3v) is 4.74. The Labute approximate surface area is 149 Å². The maximum Gasteiger partial charge on any atom is 0.270 e. The van der Waals surface area contributed by atoms with Gasteiger partial charge >= 0.3 is 0 Å². The number of nitrogens with one attached hydrogen (secondary N) is 1. The average molecular weight is 351 g/mol. The normalized spacial score (nSPS) is 14.7. The number of piperazine rings is 1. The van der Waals surface area contributed by atoms with E-state index < -0.39 is 0 Å². The number of halogens is 1. The third-order valence-electron chi connectivity index (χ3n) is 4.74. The number of amides is 1. The summed E-state index contributed by atoms with van der Waals surface area (Å²) in [4.78, 5) is 31.3. The van der Waals surface area contributed by atoms with Crippen LogP contribution in [0.1, 0.15) is 10.5 Å². The van der Waals surface area contributed by atoms with Crippen LogP contribution in [-0.2, 0) is 0 Å². The van der Waals surface area contributed by atoms with E-state index in [1.54, 1.807) is 41.3 Å². The summed E-state index contributed by atoms with van der Waals surface area (Å²) in [7, 11) is 0. The van der Waals surface area contributed by atoms with Gasteiger partial charge in [0.25, 0.3) is 11.5 Å². The van der Waals surface area contributed by atoms with Crippen molar-refractivity contribution < 1.29 is 9.18 Å². The molecule has 1 aromatic heterocycles. The number of hydrogen-bond donors (Lipinski definition) is 1. The highest BCUT2D eigenvalue weighted by atomic mass is 19.1. The average Bonchev–Trinajstić information content (AvgIpc) is 2.68. The number of hydrogen-bond acceptors (Lipinski definition) is 3. The van der Waals surface area contributed by atoms with Crippen LogP contribution in [0.25, 0.3) is 10.8 Å². The molecule has 1 saturated heterocycles. The quantitative estimate of drug-likeness (QED) is 0.772. The summed E-state index contributed by atoms with van der Waals surface area (Å²) in [6.07, 6.45) is 0. The van der Waals surface area contributed by atoms with Crippen LogP contribution >= 0.6 is 0 Å². The number of aromatic nitrogens is 1. The van der Waals surface area contributed by atoms with Crippen molar-refractivity contribution in [3.05, 3.63) is 76.5 Å². The van der Waals surface area contributed by atoms with Crippen LogP contribution < -0.4 is 10.5 Å². The summed E-state index contributed by atoms with van der Waals surface area (Å²) in [6.45, 7) is 2.04. The van der Waals surface area contributed by atoms with E-state index in [1.165, 1.54) is 6.07 Å². The number of pyridine rings is 1. The molecular weight excluding hydrogens is 333 g/mol. The number of rotatable bonds is 2. The highest BCUT2D eigenvalue weighted by molar-refractivity contribution is 5.96. The molecule has 1 amide bonds. The van der Waals surface area contributed by atoms with E-state index >= 15 is 0 Å². The van der Waals surface area contributed by atoms with Crippen LogP contribution in [0.3, 0.4) is 0 Å². The highest BCUT2D eigenvalue weighted by Crippen LogP contribution is 2.21. The predicted molar refractivity (Wildman–Crippen MR) is 99.1 cm³/mol. The molecule has 4 rings (SSSR count). The lowest BCUT2D eigenvalue weighted by molar-refractivity contribution is 0.0740. The topological polar surface area (TPSA) is 56.4 Å². The molecule has 1 aliphatic rings. The molecule has 1 N–H and O–H groups in total. The molecule has 0 saturated carbocycles. The fourth-order valence-electron chi connectivity index (χ4n) is 3.36. The minimum Gasteiger partial charge on any atom is -0.366 e. The summed E-state index contributed by atoms with van der Waals surface area (Å²) in [5.41, 5.74) is 0.572. The lowest BCUT2D eigenvalue weighted by Crippen LogP contribution is -2.49. The predicted octanol–water partition coefficient (Wildman–Crippen LogP) is 2.63. The van der Waals surface area contributed by atoms with Crippen molar-refractivity contribution in [1.82, 2.24) is 9.88 Å². The van der Waals surface area contributed by atoms with Crippen LogP contribution in [0, 0.1) is 5.82 Å². The van der Waals surface area contributed by atoms with Crippen molar-refractivity contribution in [1.29, 1.82) is 0 Å². The van der Waals surface area contributed by atoms with Gasteiger partial charge in [0.15, 0.2) is 0 Å². The fraction of sp³-hybridized carbons (Fsp3) is 0.200. The minimum atomic E-state index is -0.267. The Morgan fingerprint density at radius 1 is 0.962 bits per heavy atom. The number of H-pyrrole nitrogens is 1. The monoisotopic (exact) mass is 351 g/mol. The number of carbonyl (C=O) groups excluding carboxylic acids is 1. The molecular formula is C20H18FN3O2. The molecule has 0 atom stereocenters. The molecule has 132 valence electrons. The zero-order valence-electron chi connectivity index (χ0n) is 14.1. The lowest BCUT2D eigenvalue weighted by atomic mass is 10.1. The van der Waals surface area contributed by atoms with Crippen LogP contribution in [0.2, 0.25) is 0 Å². The van der Waals surface area contributed by atoms with Gasteiger partial charge in [-0.3, -0.25) is 9.59 Å². The number of nitrogens with zero attached hydrogens (tertiary/aromatic N) is 2. The van der Waals surface area contributed by atoms with Crippen molar-refractivity contribution in [2.24, 2.45) is 0 Å². The number of benzene rings is 2. The molecule has 2 heterocycles. The molecule has 0 unspecified atom stereocenters. The molecule has 0 bridgehead atoms. The number of carbonyl (C=O) groups is 1. The fourth-order valence-corrected chi connectivity index (χ4v) is 3.36. The molecule has 5 nitrogen and oxygen atoms in total. The molecule has 3 aromatic rings. The van der Waals surface area contributed by atoms with Gasteiger partial charge in [-0.05, 0) is 29.7 Å². The zero-order chi connectivity index (χ0) is 18.1. The molecule has 1 fully saturated rings. The van der Waals surface area contributed by atoms with Crippen molar-refractivity contribution in [2.75, 3.05) is 31.1 Å². The van der Waals surface area contributed by atoms with Gasteiger partial charge in [-0.15, -0.1) is 0 Å². The van der Waals surface area contributed by atoms with Crippen molar-refractivity contribution >= 4 is 22.4 Å². The van der Waals surface area contributed by atoms with Gasteiger partial charge in [0.05, 0.1) is 5.69 Å². The van der Waals surface area contributed by atoms with E-state index in [9.17, 15) is 14.0 Å². The molecule has 0 radical (unpaired) electrons. The highest BCUT2D eigenvalue weighted by Gasteiger charge is 2.24. The van der Waals surface area contributed by atoms with Gasteiger partial charge in [0.2, 0.25) is 0 Å². The van der Waals surface area contributed by atoms with Gasteiger partial charge in [0.1, 0.15) is 11.5 Å². The first-order valence-electron chi connectivity index (χ1n) is 8.54. The van der Waals surface area contributed by atoms with Gasteiger partial charge in [-0.25, -0.2) is 4.39 Å². The summed E-state index contributed by atoms with van der Waals surface area (Å²) >= 11 is 0. The summed E-state index contributed by atoms with van der Waals surface area (Å²) in [5.74, 6) is -0.466. The number of fused-ring (bicyclic) bond motifs is 1. The van der Waals surface area contributed by atoms with Gasteiger partial charge in [0, 0.05) is 31.6 Å². The Balaban J connectivity index is 1.52. The van der Waals surface area contributed by atoms with Gasteiger partial charge < -0.3 is 14.8 Å². The Bertz CT molecular complexity index is 1020. The molecule has 1 aliphatic heterocycles. The van der Waals surface area contributed by atoms with Crippen LogP contribution in [0.15, 0.2) is 59.4 Å². The smallest absolute Gasteiger partial charge is 0.270 e. The maximum atomic E-state index is 13.9. The van der Waals surface area contributed by atoms with E-state index in [2.05, 4.69) is 4.98 Å². The van der Waals surface area contributed by atoms with Crippen LogP contribution in [0.5, 0.6) is 0 Å². The first-order chi connectivity index (χ1) is 12.6. The van der Waals surface area contributed by atoms with E-state index in [1.807, 2.05) is 17.0 Å². The van der Waals surface area contributed by atoms with Crippen molar-refractivity contribution in [2.45, 2.75) is 0 Å². The standard InChI is InChI=1S/C20H18FN3O2/c21-16-7-3-4-8-18(16)23-9-11-24(12-10-23)20(26)17-13-14-5-1-2-6-15(14)19(25)22-17/h1-8,13H,9-12H2,(H,22,25).